The molecule has 7 heteroatoms. The molecule has 0 saturated heterocycles. The molecule has 0 N–H and O–H groups in total. The van der Waals surface area contributed by atoms with Crippen molar-refractivity contribution >= 4 is 45.2 Å². The van der Waals surface area contributed by atoms with Crippen molar-refractivity contribution in [2.75, 3.05) is 0 Å². The van der Waals surface area contributed by atoms with Crippen LogP contribution in [0, 0.1) is 6.92 Å². The van der Waals surface area contributed by atoms with Gasteiger partial charge in [0.25, 0.3) is 0 Å². The van der Waals surface area contributed by atoms with Gasteiger partial charge in [-0.3, -0.25) is 0 Å². The topological polar surface area (TPSA) is 56.5 Å². The summed E-state index contributed by atoms with van der Waals surface area (Å²) in [5.74, 6) is 0.769. The molecule has 1 aromatic carbocycles. The number of rotatable bonds is 5. The maximum Gasteiger partial charge on any atom is 0.211 e. The molecule has 4 aromatic rings. The van der Waals surface area contributed by atoms with Crippen molar-refractivity contribution in [3.8, 4) is 0 Å². The van der Waals surface area contributed by atoms with Crippen molar-refractivity contribution in [1.29, 1.82) is 0 Å². The largest absolute Gasteiger partial charge is 0.324 e. The van der Waals surface area contributed by atoms with Crippen LogP contribution in [0.2, 0.25) is 0 Å². The molecule has 5 nitrogen and oxygen atoms in total. The van der Waals surface area contributed by atoms with Gasteiger partial charge in [-0.15, -0.1) is 21.5 Å². The highest BCUT2D eigenvalue weighted by Gasteiger charge is 2.14. The number of hydrogen-bond acceptors (Lipinski definition) is 6. The van der Waals surface area contributed by atoms with Crippen LogP contribution in [-0.2, 0) is 12.3 Å². The Kier molecular flexibility index (Phi) is 4.20. The standard InChI is InChI=1S/C17H17N5S2/c1-3-8-22-14-7-5-4-6-13(14)15-16(22)19-17(21-20-15)24-10-12-9-23-11(2)18-12/h4-7,9H,3,8,10H2,1-2H3. The first-order valence-corrected chi connectivity index (χ1v) is 9.78. The van der Waals surface area contributed by atoms with Gasteiger partial charge in [0, 0.05) is 23.1 Å². The predicted octanol–water partition coefficient (Wildman–Crippen LogP) is 4.45. The Bertz CT molecular complexity index is 1000. The Morgan fingerprint density at radius 3 is 2.83 bits per heavy atom. The Balaban J connectivity index is 1.73. The summed E-state index contributed by atoms with van der Waals surface area (Å²) >= 11 is 3.25. The summed E-state index contributed by atoms with van der Waals surface area (Å²) in [5.41, 5.74) is 4.05. The van der Waals surface area contributed by atoms with Crippen LogP contribution in [0.1, 0.15) is 24.0 Å². The average Bonchev–Trinajstić information content (AvgIpc) is 3.15. The lowest BCUT2D eigenvalue weighted by atomic mass is 10.2. The zero-order valence-electron chi connectivity index (χ0n) is 13.6. The predicted molar refractivity (Wildman–Crippen MR) is 99.5 cm³/mol. The second-order valence-electron chi connectivity index (χ2n) is 5.58. The molecule has 3 aromatic heterocycles. The third kappa shape index (κ3) is 2.78. The highest BCUT2D eigenvalue weighted by atomic mass is 32.2. The van der Waals surface area contributed by atoms with Crippen molar-refractivity contribution in [2.24, 2.45) is 0 Å². The molecular formula is C17H17N5S2. The summed E-state index contributed by atoms with van der Waals surface area (Å²) in [4.78, 5) is 9.27. The molecule has 122 valence electrons. The number of nitrogens with zero attached hydrogens (tertiary/aromatic N) is 5. The molecule has 0 radical (unpaired) electrons. The van der Waals surface area contributed by atoms with E-state index in [-0.39, 0.29) is 0 Å². The minimum atomic E-state index is 0.702. The number of aromatic nitrogens is 5. The van der Waals surface area contributed by atoms with Crippen LogP contribution in [0.3, 0.4) is 0 Å². The molecule has 0 saturated carbocycles. The van der Waals surface area contributed by atoms with Gasteiger partial charge in [0.05, 0.1) is 16.2 Å². The summed E-state index contributed by atoms with van der Waals surface area (Å²) in [6.45, 7) is 5.12. The highest BCUT2D eigenvalue weighted by molar-refractivity contribution is 7.98. The SMILES string of the molecule is CCCn1c2ccccc2c2nnc(SCc3csc(C)n3)nc21. The fourth-order valence-corrected chi connectivity index (χ4v) is 4.21. The quantitative estimate of drug-likeness (QED) is 0.495. The van der Waals surface area contributed by atoms with Crippen LogP contribution in [-0.4, -0.2) is 24.7 Å². The summed E-state index contributed by atoms with van der Waals surface area (Å²) in [5, 5.41) is 13.8. The molecule has 0 spiro atoms. The van der Waals surface area contributed by atoms with E-state index in [0.717, 1.165) is 46.0 Å². The molecule has 0 bridgehead atoms. The second kappa shape index (κ2) is 6.49. The van der Waals surface area contributed by atoms with Gasteiger partial charge in [-0.05, 0) is 19.4 Å². The Labute approximate surface area is 148 Å². The zero-order chi connectivity index (χ0) is 16.5. The molecule has 4 rings (SSSR count). The average molecular weight is 355 g/mol. The third-order valence-corrected chi connectivity index (χ3v) is 5.51. The zero-order valence-corrected chi connectivity index (χ0v) is 15.2. The van der Waals surface area contributed by atoms with Gasteiger partial charge in [0.2, 0.25) is 5.16 Å². The maximum atomic E-state index is 4.78. The molecule has 0 aliphatic carbocycles. The Morgan fingerprint density at radius 2 is 2.04 bits per heavy atom. The van der Waals surface area contributed by atoms with E-state index < -0.39 is 0 Å². The van der Waals surface area contributed by atoms with E-state index in [1.807, 2.05) is 13.0 Å². The summed E-state index contributed by atoms with van der Waals surface area (Å²) in [6, 6.07) is 8.30. The first-order valence-electron chi connectivity index (χ1n) is 7.91. The fourth-order valence-electron chi connectivity index (χ4n) is 2.81. The molecule has 3 heterocycles. The van der Waals surface area contributed by atoms with Gasteiger partial charge in [-0.2, -0.15) is 0 Å². The number of fused-ring (bicyclic) bond motifs is 3. The number of para-hydroxylation sites is 1. The molecule has 0 fully saturated rings. The van der Waals surface area contributed by atoms with E-state index in [2.05, 4.69) is 50.3 Å². The molecule has 0 aliphatic heterocycles. The summed E-state index contributed by atoms with van der Waals surface area (Å²) in [6.07, 6.45) is 1.05. The second-order valence-corrected chi connectivity index (χ2v) is 7.59. The van der Waals surface area contributed by atoms with Gasteiger partial charge in [0.15, 0.2) is 5.65 Å². The molecule has 0 amide bonds. The van der Waals surface area contributed by atoms with E-state index >= 15 is 0 Å². The number of hydrogen-bond donors (Lipinski definition) is 0. The lowest BCUT2D eigenvalue weighted by Gasteiger charge is -2.04. The monoisotopic (exact) mass is 355 g/mol. The first-order chi connectivity index (χ1) is 11.8. The van der Waals surface area contributed by atoms with Crippen LogP contribution in [0.4, 0.5) is 0 Å². The molecule has 0 atom stereocenters. The van der Waals surface area contributed by atoms with Crippen LogP contribution in [0.5, 0.6) is 0 Å². The van der Waals surface area contributed by atoms with Crippen LogP contribution >= 0.6 is 23.1 Å². The normalized spacial score (nSPS) is 11.6. The smallest absolute Gasteiger partial charge is 0.211 e. The van der Waals surface area contributed by atoms with E-state index in [4.69, 9.17) is 4.98 Å². The maximum absolute atomic E-state index is 4.78. The van der Waals surface area contributed by atoms with Gasteiger partial charge in [-0.1, -0.05) is 36.9 Å². The van der Waals surface area contributed by atoms with Crippen LogP contribution < -0.4 is 0 Å². The Hall–Kier alpha value is -1.99. The van der Waals surface area contributed by atoms with E-state index in [1.165, 1.54) is 5.52 Å². The minimum absolute atomic E-state index is 0.702. The highest BCUT2D eigenvalue weighted by Crippen LogP contribution is 2.28. The number of aryl methyl sites for hydroxylation is 2. The third-order valence-electron chi connectivity index (χ3n) is 3.82. The van der Waals surface area contributed by atoms with E-state index in [1.54, 1.807) is 23.1 Å². The van der Waals surface area contributed by atoms with Crippen LogP contribution in [0.15, 0.2) is 34.8 Å². The van der Waals surface area contributed by atoms with Crippen molar-refractivity contribution in [3.05, 3.63) is 40.3 Å². The van der Waals surface area contributed by atoms with Gasteiger partial charge in [-0.25, -0.2) is 9.97 Å². The molecule has 24 heavy (non-hydrogen) atoms. The van der Waals surface area contributed by atoms with Gasteiger partial charge >= 0.3 is 0 Å². The Morgan fingerprint density at radius 1 is 1.17 bits per heavy atom. The van der Waals surface area contributed by atoms with Gasteiger partial charge < -0.3 is 4.57 Å². The fraction of sp³-hybridized carbons (Fsp3) is 0.294. The first kappa shape index (κ1) is 15.5. The molecular weight excluding hydrogens is 338 g/mol. The number of thiazole rings is 1. The van der Waals surface area contributed by atoms with Crippen molar-refractivity contribution < 1.29 is 0 Å². The van der Waals surface area contributed by atoms with E-state index in [9.17, 15) is 0 Å². The van der Waals surface area contributed by atoms with Gasteiger partial charge in [0.1, 0.15) is 5.52 Å². The van der Waals surface area contributed by atoms with Crippen molar-refractivity contribution in [1.82, 2.24) is 24.7 Å². The molecule has 0 unspecified atom stereocenters. The minimum Gasteiger partial charge on any atom is -0.324 e. The van der Waals surface area contributed by atoms with Crippen molar-refractivity contribution in [2.45, 2.75) is 37.7 Å². The lowest BCUT2D eigenvalue weighted by molar-refractivity contribution is 0.709. The summed E-state index contributed by atoms with van der Waals surface area (Å²) < 4.78 is 2.25. The summed E-state index contributed by atoms with van der Waals surface area (Å²) in [7, 11) is 0. The van der Waals surface area contributed by atoms with Crippen LogP contribution in [0.25, 0.3) is 22.1 Å². The van der Waals surface area contributed by atoms with Crippen molar-refractivity contribution in [3.63, 3.8) is 0 Å². The number of benzene rings is 1. The van der Waals surface area contributed by atoms with E-state index in [0.29, 0.717) is 5.16 Å². The number of thioether (sulfide) groups is 1. The lowest BCUT2D eigenvalue weighted by Crippen LogP contribution is -2.00. The molecule has 0 aliphatic rings.